The van der Waals surface area contributed by atoms with Crippen LogP contribution in [-0.4, -0.2) is 41.3 Å². The van der Waals surface area contributed by atoms with Gasteiger partial charge in [-0.25, -0.2) is 0 Å². The number of ether oxygens (including phenoxy) is 1. The maximum Gasteiger partial charge on any atom is 0.267 e. The van der Waals surface area contributed by atoms with E-state index in [0.717, 1.165) is 46.7 Å². The van der Waals surface area contributed by atoms with E-state index in [0.29, 0.717) is 10.7 Å². The predicted molar refractivity (Wildman–Crippen MR) is 99.6 cm³/mol. The molecule has 4 rings (SSSR count). The molecule has 1 aliphatic heterocycles. The highest BCUT2D eigenvalue weighted by atomic mass is 32.1. The molecule has 0 saturated carbocycles. The Balaban J connectivity index is 1.61. The van der Waals surface area contributed by atoms with E-state index in [9.17, 15) is 4.79 Å². The number of fused-ring (bicyclic) bond motifs is 2. The number of nitrogens with one attached hydrogen (secondary N) is 1. The summed E-state index contributed by atoms with van der Waals surface area (Å²) in [6.45, 7) is 4.65. The Morgan fingerprint density at radius 1 is 1.32 bits per heavy atom. The average Bonchev–Trinajstić information content (AvgIpc) is 3.14. The van der Waals surface area contributed by atoms with Crippen LogP contribution >= 0.6 is 11.3 Å². The van der Waals surface area contributed by atoms with Crippen LogP contribution < -0.4 is 10.1 Å². The van der Waals surface area contributed by atoms with Crippen molar-refractivity contribution in [1.29, 1.82) is 0 Å². The molecule has 7 heteroatoms. The second kappa shape index (κ2) is 6.16. The summed E-state index contributed by atoms with van der Waals surface area (Å²) in [5, 5.41) is 8.51. The summed E-state index contributed by atoms with van der Waals surface area (Å²) < 4.78 is 8.33. The SMILES string of the molecule is COc1ccc2sc(C(=O)Nc3cc4n(n3)CCN(C)C4)c(C)c2c1. The zero-order valence-electron chi connectivity index (χ0n) is 14.5. The summed E-state index contributed by atoms with van der Waals surface area (Å²) in [5.74, 6) is 1.30. The van der Waals surface area contributed by atoms with Gasteiger partial charge in [0.1, 0.15) is 5.75 Å². The number of carbonyl (C=O) groups is 1. The molecule has 1 amide bonds. The number of hydrogen-bond donors (Lipinski definition) is 1. The van der Waals surface area contributed by atoms with Gasteiger partial charge in [0.05, 0.1) is 24.2 Å². The fourth-order valence-electron chi connectivity index (χ4n) is 3.18. The Labute approximate surface area is 150 Å². The summed E-state index contributed by atoms with van der Waals surface area (Å²) in [5.41, 5.74) is 2.10. The lowest BCUT2D eigenvalue weighted by atomic mass is 10.1. The minimum atomic E-state index is -0.110. The van der Waals surface area contributed by atoms with Gasteiger partial charge in [-0.3, -0.25) is 14.4 Å². The summed E-state index contributed by atoms with van der Waals surface area (Å²) in [4.78, 5) is 15.7. The van der Waals surface area contributed by atoms with E-state index < -0.39 is 0 Å². The third-order valence-electron chi connectivity index (χ3n) is 4.58. The molecule has 25 heavy (non-hydrogen) atoms. The number of aromatic nitrogens is 2. The molecular weight excluding hydrogens is 336 g/mol. The van der Waals surface area contributed by atoms with Crippen molar-refractivity contribution in [2.45, 2.75) is 20.0 Å². The zero-order chi connectivity index (χ0) is 17.6. The van der Waals surface area contributed by atoms with E-state index in [-0.39, 0.29) is 5.91 Å². The Morgan fingerprint density at radius 2 is 2.16 bits per heavy atom. The monoisotopic (exact) mass is 356 g/mol. The van der Waals surface area contributed by atoms with Crippen LogP contribution in [0.2, 0.25) is 0 Å². The molecule has 0 saturated heterocycles. The van der Waals surface area contributed by atoms with Crippen LogP contribution in [0.3, 0.4) is 0 Å². The first-order valence-corrected chi connectivity index (χ1v) is 9.00. The van der Waals surface area contributed by atoms with Gasteiger partial charge in [0.15, 0.2) is 5.82 Å². The molecule has 1 aromatic carbocycles. The zero-order valence-corrected chi connectivity index (χ0v) is 15.3. The highest BCUT2D eigenvalue weighted by molar-refractivity contribution is 7.21. The fourth-order valence-corrected chi connectivity index (χ4v) is 4.26. The van der Waals surface area contributed by atoms with E-state index in [4.69, 9.17) is 4.74 Å². The molecular formula is C18H20N4O2S. The molecule has 0 atom stereocenters. The summed E-state index contributed by atoms with van der Waals surface area (Å²) in [6, 6.07) is 7.84. The lowest BCUT2D eigenvalue weighted by Gasteiger charge is -2.22. The van der Waals surface area contributed by atoms with E-state index in [2.05, 4.69) is 22.4 Å². The smallest absolute Gasteiger partial charge is 0.267 e. The molecule has 2 aromatic heterocycles. The molecule has 3 heterocycles. The first-order chi connectivity index (χ1) is 12.0. The van der Waals surface area contributed by atoms with Crippen LogP contribution in [0.5, 0.6) is 5.75 Å². The maximum absolute atomic E-state index is 12.7. The van der Waals surface area contributed by atoms with Crippen molar-refractivity contribution in [3.63, 3.8) is 0 Å². The lowest BCUT2D eigenvalue weighted by Crippen LogP contribution is -2.30. The van der Waals surface area contributed by atoms with E-state index in [1.54, 1.807) is 7.11 Å². The third-order valence-corrected chi connectivity index (χ3v) is 5.85. The summed E-state index contributed by atoms with van der Waals surface area (Å²) >= 11 is 1.50. The van der Waals surface area contributed by atoms with Crippen LogP contribution in [0.1, 0.15) is 20.9 Å². The Hall–Kier alpha value is -2.38. The number of anilines is 1. The second-order valence-electron chi connectivity index (χ2n) is 6.35. The van der Waals surface area contributed by atoms with Crippen LogP contribution in [0.25, 0.3) is 10.1 Å². The molecule has 1 aliphatic rings. The number of nitrogens with zero attached hydrogens (tertiary/aromatic N) is 3. The van der Waals surface area contributed by atoms with Gasteiger partial charge < -0.3 is 10.1 Å². The molecule has 0 aliphatic carbocycles. The number of rotatable bonds is 3. The van der Waals surface area contributed by atoms with Crippen molar-refractivity contribution >= 4 is 33.1 Å². The van der Waals surface area contributed by atoms with Crippen molar-refractivity contribution < 1.29 is 9.53 Å². The molecule has 3 aromatic rings. The molecule has 0 bridgehead atoms. The van der Waals surface area contributed by atoms with Gasteiger partial charge in [0.2, 0.25) is 0 Å². The highest BCUT2D eigenvalue weighted by Crippen LogP contribution is 2.33. The number of hydrogen-bond acceptors (Lipinski definition) is 5. The third kappa shape index (κ3) is 2.89. The number of benzene rings is 1. The number of likely N-dealkylation sites (N-methyl/N-ethyl adjacent to an activating group) is 1. The maximum atomic E-state index is 12.7. The van der Waals surface area contributed by atoms with E-state index in [1.165, 1.54) is 11.3 Å². The Bertz CT molecular complexity index is 960. The lowest BCUT2D eigenvalue weighted by molar-refractivity contribution is 0.102. The van der Waals surface area contributed by atoms with Gasteiger partial charge in [-0.1, -0.05) is 0 Å². The van der Waals surface area contributed by atoms with Crippen LogP contribution in [0.4, 0.5) is 5.82 Å². The van der Waals surface area contributed by atoms with Crippen molar-refractivity contribution in [2.24, 2.45) is 0 Å². The van der Waals surface area contributed by atoms with Crippen molar-refractivity contribution in [3.8, 4) is 5.75 Å². The van der Waals surface area contributed by atoms with Gasteiger partial charge in [-0.2, -0.15) is 5.10 Å². The van der Waals surface area contributed by atoms with Crippen LogP contribution in [0.15, 0.2) is 24.3 Å². The number of thiophene rings is 1. The number of amides is 1. The molecule has 130 valence electrons. The summed E-state index contributed by atoms with van der Waals surface area (Å²) in [6.07, 6.45) is 0. The number of methoxy groups -OCH3 is 1. The van der Waals surface area contributed by atoms with Gasteiger partial charge in [-0.15, -0.1) is 11.3 Å². The van der Waals surface area contributed by atoms with Gasteiger partial charge in [0, 0.05) is 23.9 Å². The average molecular weight is 356 g/mol. The second-order valence-corrected chi connectivity index (χ2v) is 7.41. The Kier molecular flexibility index (Phi) is 3.97. The fraction of sp³-hybridized carbons (Fsp3) is 0.333. The van der Waals surface area contributed by atoms with Crippen molar-refractivity contribution in [1.82, 2.24) is 14.7 Å². The minimum Gasteiger partial charge on any atom is -0.497 e. The summed E-state index contributed by atoms with van der Waals surface area (Å²) in [7, 11) is 3.73. The predicted octanol–water partition coefficient (Wildman–Crippen LogP) is 3.11. The van der Waals surface area contributed by atoms with E-state index >= 15 is 0 Å². The quantitative estimate of drug-likeness (QED) is 0.783. The van der Waals surface area contributed by atoms with Gasteiger partial charge >= 0.3 is 0 Å². The topological polar surface area (TPSA) is 59.4 Å². The molecule has 0 radical (unpaired) electrons. The Morgan fingerprint density at radius 3 is 2.96 bits per heavy atom. The molecule has 6 nitrogen and oxygen atoms in total. The first-order valence-electron chi connectivity index (χ1n) is 8.19. The molecule has 0 spiro atoms. The normalized spacial score (nSPS) is 14.5. The largest absolute Gasteiger partial charge is 0.497 e. The number of aryl methyl sites for hydroxylation is 1. The van der Waals surface area contributed by atoms with Gasteiger partial charge in [-0.05, 0) is 43.1 Å². The van der Waals surface area contributed by atoms with E-state index in [1.807, 2.05) is 35.9 Å². The van der Waals surface area contributed by atoms with Crippen molar-refractivity contribution in [2.75, 3.05) is 26.0 Å². The van der Waals surface area contributed by atoms with Crippen LogP contribution in [-0.2, 0) is 13.1 Å². The molecule has 0 fully saturated rings. The standard InChI is InChI=1S/C18H20N4O2S/c1-11-14-9-13(24-3)4-5-15(14)25-17(11)18(23)19-16-8-12-10-21(2)6-7-22(12)20-16/h4-5,8-9H,6-7,10H2,1-3H3,(H,19,20,23). The molecule has 0 unspecified atom stereocenters. The van der Waals surface area contributed by atoms with Crippen LogP contribution in [0, 0.1) is 6.92 Å². The van der Waals surface area contributed by atoms with Gasteiger partial charge in [0.25, 0.3) is 5.91 Å². The highest BCUT2D eigenvalue weighted by Gasteiger charge is 2.20. The minimum absolute atomic E-state index is 0.110. The molecule has 1 N–H and O–H groups in total. The van der Waals surface area contributed by atoms with Crippen molar-refractivity contribution in [3.05, 3.63) is 40.4 Å². The number of carbonyl (C=O) groups excluding carboxylic acids is 1. The first kappa shape index (κ1) is 16.1.